The molecule has 4 aromatic rings. The maximum atomic E-state index is 11.6. The molecule has 0 aromatic carbocycles. The number of pyridine rings is 2. The Balaban J connectivity index is 1.24. The number of piperidine rings is 1. The van der Waals surface area contributed by atoms with E-state index in [2.05, 4.69) is 36.7 Å². The molecule has 1 atom stereocenters. The topological polar surface area (TPSA) is 111 Å². The Labute approximate surface area is 212 Å². The van der Waals surface area contributed by atoms with Crippen LogP contribution in [0.1, 0.15) is 19.8 Å². The number of nitrogens with zero attached hydrogens (tertiary/aromatic N) is 6. The van der Waals surface area contributed by atoms with Gasteiger partial charge in [0.15, 0.2) is 14.9 Å². The zero-order valence-corrected chi connectivity index (χ0v) is 21.5. The summed E-state index contributed by atoms with van der Waals surface area (Å²) in [5.41, 5.74) is 2.20. The van der Waals surface area contributed by atoms with Gasteiger partial charge >= 0.3 is 0 Å². The van der Waals surface area contributed by atoms with E-state index in [0.29, 0.717) is 27.8 Å². The molecule has 9 nitrogen and oxygen atoms in total. The first-order valence-electron chi connectivity index (χ1n) is 11.1. The summed E-state index contributed by atoms with van der Waals surface area (Å²) < 4.78 is 29.5. The van der Waals surface area contributed by atoms with Crippen molar-refractivity contribution in [3.8, 4) is 16.5 Å². The predicted molar refractivity (Wildman–Crippen MR) is 136 cm³/mol. The number of anilines is 1. The molecule has 4 aromatic heterocycles. The Kier molecular flexibility index (Phi) is 6.56. The molecule has 0 saturated carbocycles. The SMILES string of the molecule is C[C@H](Oc1nc2ccc(-c3ccc(S(C)(=O)=O)nc3)nc2s1)C1CCN(c2ncc(Cl)cn2)CC1. The smallest absolute Gasteiger partial charge is 0.276 e. The molecule has 182 valence electrons. The molecule has 0 spiro atoms. The maximum Gasteiger partial charge on any atom is 0.276 e. The van der Waals surface area contributed by atoms with Gasteiger partial charge in [-0.05, 0) is 49.9 Å². The lowest BCUT2D eigenvalue weighted by atomic mass is 9.92. The average molecular weight is 531 g/mol. The minimum absolute atomic E-state index is 0.0102. The maximum absolute atomic E-state index is 11.6. The summed E-state index contributed by atoms with van der Waals surface area (Å²) in [7, 11) is -3.34. The molecule has 1 aliphatic rings. The highest BCUT2D eigenvalue weighted by atomic mass is 35.5. The number of fused-ring (bicyclic) bond motifs is 1. The third-order valence-electron chi connectivity index (χ3n) is 6.03. The fourth-order valence-corrected chi connectivity index (χ4v) is 5.58. The van der Waals surface area contributed by atoms with Crippen LogP contribution in [0.5, 0.6) is 5.19 Å². The van der Waals surface area contributed by atoms with E-state index in [1.165, 1.54) is 23.6 Å². The summed E-state index contributed by atoms with van der Waals surface area (Å²) in [6.45, 7) is 3.80. The van der Waals surface area contributed by atoms with Gasteiger partial charge in [0.2, 0.25) is 5.95 Å². The molecule has 1 fully saturated rings. The van der Waals surface area contributed by atoms with E-state index in [1.54, 1.807) is 18.5 Å². The lowest BCUT2D eigenvalue weighted by Crippen LogP contribution is -2.39. The first-order valence-corrected chi connectivity index (χ1v) is 14.2. The Morgan fingerprint density at radius 1 is 1.06 bits per heavy atom. The highest BCUT2D eigenvalue weighted by Crippen LogP contribution is 2.32. The van der Waals surface area contributed by atoms with Crippen molar-refractivity contribution in [2.45, 2.75) is 30.9 Å². The van der Waals surface area contributed by atoms with Crippen LogP contribution in [0.15, 0.2) is 47.9 Å². The molecule has 0 radical (unpaired) electrons. The Bertz CT molecular complexity index is 1440. The van der Waals surface area contributed by atoms with Gasteiger partial charge < -0.3 is 9.64 Å². The first kappa shape index (κ1) is 23.8. The van der Waals surface area contributed by atoms with E-state index >= 15 is 0 Å². The monoisotopic (exact) mass is 530 g/mol. The van der Waals surface area contributed by atoms with Crippen LogP contribution in [0.2, 0.25) is 5.02 Å². The van der Waals surface area contributed by atoms with Crippen molar-refractivity contribution in [3.63, 3.8) is 0 Å². The quantitative estimate of drug-likeness (QED) is 0.360. The predicted octanol–water partition coefficient (Wildman–Crippen LogP) is 4.28. The molecule has 0 amide bonds. The number of ether oxygens (including phenoxy) is 1. The lowest BCUT2D eigenvalue weighted by molar-refractivity contribution is 0.132. The zero-order chi connectivity index (χ0) is 24.6. The van der Waals surface area contributed by atoms with Crippen molar-refractivity contribution in [1.82, 2.24) is 24.9 Å². The van der Waals surface area contributed by atoms with Gasteiger partial charge in [0.25, 0.3) is 5.19 Å². The van der Waals surface area contributed by atoms with Crippen LogP contribution in [-0.4, -0.2) is 58.8 Å². The summed E-state index contributed by atoms with van der Waals surface area (Å²) in [6.07, 6.45) is 7.85. The van der Waals surface area contributed by atoms with E-state index in [0.717, 1.165) is 48.1 Å². The molecule has 1 aliphatic heterocycles. The van der Waals surface area contributed by atoms with Crippen LogP contribution < -0.4 is 9.64 Å². The van der Waals surface area contributed by atoms with E-state index in [-0.39, 0.29) is 11.1 Å². The fraction of sp³-hybridized carbons (Fsp3) is 0.348. The van der Waals surface area contributed by atoms with Gasteiger partial charge in [-0.25, -0.2) is 33.3 Å². The third-order valence-corrected chi connectivity index (χ3v) is 8.08. The summed E-state index contributed by atoms with van der Waals surface area (Å²) in [5, 5.41) is 1.16. The van der Waals surface area contributed by atoms with Gasteiger partial charge in [-0.15, -0.1) is 0 Å². The Morgan fingerprint density at radius 3 is 2.46 bits per heavy atom. The number of aromatic nitrogens is 5. The van der Waals surface area contributed by atoms with E-state index in [9.17, 15) is 8.42 Å². The number of hydrogen-bond acceptors (Lipinski definition) is 10. The lowest BCUT2D eigenvalue weighted by Gasteiger charge is -2.34. The molecule has 0 unspecified atom stereocenters. The van der Waals surface area contributed by atoms with Crippen molar-refractivity contribution in [2.75, 3.05) is 24.2 Å². The molecule has 1 saturated heterocycles. The van der Waals surface area contributed by atoms with Crippen molar-refractivity contribution in [1.29, 1.82) is 0 Å². The highest BCUT2D eigenvalue weighted by molar-refractivity contribution is 7.90. The first-order chi connectivity index (χ1) is 16.8. The molecule has 5 heterocycles. The number of halogens is 1. The minimum atomic E-state index is -3.34. The second kappa shape index (κ2) is 9.63. The van der Waals surface area contributed by atoms with Gasteiger partial charge in [0, 0.05) is 31.1 Å². The summed E-state index contributed by atoms with van der Waals surface area (Å²) in [4.78, 5) is 24.9. The molecule has 0 bridgehead atoms. The molecular weight excluding hydrogens is 508 g/mol. The highest BCUT2D eigenvalue weighted by Gasteiger charge is 2.27. The number of thiazole rings is 1. The second-order valence-electron chi connectivity index (χ2n) is 8.51. The number of hydrogen-bond donors (Lipinski definition) is 0. The summed E-state index contributed by atoms with van der Waals surface area (Å²) >= 11 is 7.29. The molecule has 35 heavy (non-hydrogen) atoms. The molecule has 0 N–H and O–H groups in total. The molecule has 0 aliphatic carbocycles. The van der Waals surface area contributed by atoms with E-state index in [1.807, 2.05) is 12.1 Å². The summed E-state index contributed by atoms with van der Waals surface area (Å²) in [6, 6.07) is 6.94. The van der Waals surface area contributed by atoms with Crippen LogP contribution in [0.4, 0.5) is 5.95 Å². The van der Waals surface area contributed by atoms with Crippen molar-refractivity contribution < 1.29 is 13.2 Å². The van der Waals surface area contributed by atoms with Crippen LogP contribution in [-0.2, 0) is 9.84 Å². The number of sulfone groups is 1. The normalized spacial score (nSPS) is 15.9. The van der Waals surface area contributed by atoms with Crippen molar-refractivity contribution in [3.05, 3.63) is 47.9 Å². The molecular formula is C23H23ClN6O3S2. The fourth-order valence-electron chi connectivity index (χ4n) is 4.05. The van der Waals surface area contributed by atoms with Gasteiger partial charge in [0.05, 0.1) is 23.1 Å². The van der Waals surface area contributed by atoms with Crippen LogP contribution in [0.25, 0.3) is 21.6 Å². The van der Waals surface area contributed by atoms with Crippen LogP contribution in [0, 0.1) is 5.92 Å². The number of rotatable bonds is 6. The van der Waals surface area contributed by atoms with Gasteiger partial charge in [0.1, 0.15) is 16.5 Å². The van der Waals surface area contributed by atoms with Gasteiger partial charge in [-0.3, -0.25) is 0 Å². The minimum Gasteiger partial charge on any atom is -0.467 e. The standard InChI is InChI=1S/C23H23ClN6O3S2/c1-14(15-7-9-30(10-8-15)22-26-12-17(24)13-27-22)33-23-29-19-5-4-18(28-21(19)34-23)16-3-6-20(25-11-16)35(2,31)32/h3-6,11-15H,7-10H2,1-2H3/t14-/m0/s1. The van der Waals surface area contributed by atoms with Crippen molar-refractivity contribution >= 4 is 49.1 Å². The average Bonchev–Trinajstić information content (AvgIpc) is 3.25. The largest absolute Gasteiger partial charge is 0.467 e. The molecule has 5 rings (SSSR count). The third kappa shape index (κ3) is 5.36. The van der Waals surface area contributed by atoms with Crippen LogP contribution in [0.3, 0.4) is 0 Å². The van der Waals surface area contributed by atoms with E-state index < -0.39 is 9.84 Å². The van der Waals surface area contributed by atoms with Gasteiger partial charge in [-0.1, -0.05) is 22.9 Å². The Morgan fingerprint density at radius 2 is 1.80 bits per heavy atom. The second-order valence-corrected chi connectivity index (χ2v) is 11.8. The van der Waals surface area contributed by atoms with Crippen molar-refractivity contribution in [2.24, 2.45) is 5.92 Å². The summed E-state index contributed by atoms with van der Waals surface area (Å²) in [5.74, 6) is 1.10. The molecule has 12 heteroatoms. The van der Waals surface area contributed by atoms with Crippen LogP contribution >= 0.6 is 22.9 Å². The zero-order valence-electron chi connectivity index (χ0n) is 19.1. The van der Waals surface area contributed by atoms with E-state index in [4.69, 9.17) is 16.3 Å². The Hall–Kier alpha value is -2.89. The van der Waals surface area contributed by atoms with Gasteiger partial charge in [-0.2, -0.15) is 0 Å².